The normalized spacial score (nSPS) is 18.3. The Morgan fingerprint density at radius 2 is 1.94 bits per heavy atom. The first-order valence-corrected chi connectivity index (χ1v) is 10.5. The summed E-state index contributed by atoms with van der Waals surface area (Å²) in [6.07, 6.45) is 0.220. The van der Waals surface area contributed by atoms with Gasteiger partial charge in [-0.05, 0) is 56.5 Å². The Morgan fingerprint density at radius 1 is 1.09 bits per heavy atom. The van der Waals surface area contributed by atoms with Crippen molar-refractivity contribution in [2.24, 2.45) is 4.99 Å². The first-order chi connectivity index (χ1) is 15.3. The van der Waals surface area contributed by atoms with E-state index in [1.807, 2.05) is 11.8 Å². The maximum Gasteiger partial charge on any atom is 0.418 e. The molecule has 3 aromatic rings. The number of fused-ring (bicyclic) bond motifs is 1. The number of nitrogens with zero attached hydrogens (tertiary/aromatic N) is 4. The second kappa shape index (κ2) is 7.72. The van der Waals surface area contributed by atoms with E-state index in [4.69, 9.17) is 4.52 Å². The van der Waals surface area contributed by atoms with Crippen molar-refractivity contribution in [3.8, 4) is 22.8 Å². The van der Waals surface area contributed by atoms with Gasteiger partial charge >= 0.3 is 6.18 Å². The molecule has 0 amide bonds. The summed E-state index contributed by atoms with van der Waals surface area (Å²) in [4.78, 5) is 10.2. The van der Waals surface area contributed by atoms with E-state index >= 15 is 0 Å². The zero-order chi connectivity index (χ0) is 22.5. The number of anilines is 1. The third-order valence-electron chi connectivity index (χ3n) is 6.04. The molecule has 1 unspecified atom stereocenters. The van der Waals surface area contributed by atoms with Gasteiger partial charge < -0.3 is 9.42 Å². The molecule has 5 rings (SSSR count). The zero-order valence-electron chi connectivity index (χ0n) is 17.3. The van der Waals surface area contributed by atoms with Crippen LogP contribution in [0.4, 0.5) is 28.9 Å². The predicted octanol–water partition coefficient (Wildman–Crippen LogP) is 6.20. The predicted molar refractivity (Wildman–Crippen MR) is 113 cm³/mol. The highest BCUT2D eigenvalue weighted by Crippen LogP contribution is 2.41. The largest absolute Gasteiger partial charge is 0.418 e. The van der Waals surface area contributed by atoms with Crippen molar-refractivity contribution in [3.05, 3.63) is 47.3 Å². The topological polar surface area (TPSA) is 54.5 Å². The van der Waals surface area contributed by atoms with E-state index in [1.165, 1.54) is 12.1 Å². The number of rotatable bonds is 3. The van der Waals surface area contributed by atoms with Gasteiger partial charge in [0.25, 0.3) is 5.89 Å². The first kappa shape index (κ1) is 20.7. The molecule has 0 N–H and O–H groups in total. The number of halogens is 4. The third kappa shape index (κ3) is 3.65. The quantitative estimate of drug-likeness (QED) is 0.452. The van der Waals surface area contributed by atoms with Crippen LogP contribution < -0.4 is 4.90 Å². The molecular formula is C23H20F4N4O. The fraction of sp³-hybridized carbons (Fsp3) is 0.348. The van der Waals surface area contributed by atoms with Crippen LogP contribution in [0.25, 0.3) is 22.8 Å². The fourth-order valence-electron chi connectivity index (χ4n) is 4.36. The zero-order valence-corrected chi connectivity index (χ0v) is 17.3. The monoisotopic (exact) mass is 444 g/mol. The lowest BCUT2D eigenvalue weighted by molar-refractivity contribution is -0.137. The van der Waals surface area contributed by atoms with Gasteiger partial charge in [0, 0.05) is 47.6 Å². The number of aromatic nitrogens is 2. The van der Waals surface area contributed by atoms with Gasteiger partial charge in [0.1, 0.15) is 5.82 Å². The molecule has 1 aromatic heterocycles. The van der Waals surface area contributed by atoms with Crippen LogP contribution in [0, 0.1) is 5.82 Å². The lowest BCUT2D eigenvalue weighted by Crippen LogP contribution is -2.38. The Balaban J connectivity index is 1.52. The highest BCUT2D eigenvalue weighted by atomic mass is 19.4. The van der Waals surface area contributed by atoms with Crippen LogP contribution in [0.1, 0.15) is 37.3 Å². The Bertz CT molecular complexity index is 1200. The summed E-state index contributed by atoms with van der Waals surface area (Å²) in [7, 11) is 0. The molecule has 1 atom stereocenters. The van der Waals surface area contributed by atoms with Crippen molar-refractivity contribution < 1.29 is 22.1 Å². The van der Waals surface area contributed by atoms with Crippen molar-refractivity contribution in [2.45, 2.75) is 44.8 Å². The van der Waals surface area contributed by atoms with Crippen molar-refractivity contribution >= 4 is 17.6 Å². The molecule has 1 saturated heterocycles. The van der Waals surface area contributed by atoms with Crippen molar-refractivity contribution in [3.63, 3.8) is 0 Å². The van der Waals surface area contributed by atoms with Gasteiger partial charge in [0.15, 0.2) is 0 Å². The second-order valence-corrected chi connectivity index (χ2v) is 8.16. The third-order valence-corrected chi connectivity index (χ3v) is 6.04. The molecule has 1 fully saturated rings. The van der Waals surface area contributed by atoms with Gasteiger partial charge in [-0.1, -0.05) is 5.16 Å². The van der Waals surface area contributed by atoms with Gasteiger partial charge in [-0.25, -0.2) is 4.39 Å². The molecule has 2 aliphatic rings. The Labute approximate surface area is 181 Å². The maximum atomic E-state index is 14.3. The molecule has 0 spiro atoms. The fourth-order valence-corrected chi connectivity index (χ4v) is 4.36. The van der Waals surface area contributed by atoms with Crippen molar-refractivity contribution in [1.29, 1.82) is 0 Å². The van der Waals surface area contributed by atoms with Crippen molar-refractivity contribution in [2.75, 3.05) is 11.4 Å². The van der Waals surface area contributed by atoms with E-state index in [9.17, 15) is 17.6 Å². The molecular weight excluding hydrogens is 424 g/mol. The smallest absolute Gasteiger partial charge is 0.368 e. The van der Waals surface area contributed by atoms with E-state index in [1.54, 1.807) is 18.3 Å². The molecule has 5 nitrogen and oxygen atoms in total. The minimum atomic E-state index is -4.54. The van der Waals surface area contributed by atoms with Crippen LogP contribution in [0.5, 0.6) is 0 Å². The van der Waals surface area contributed by atoms with Crippen LogP contribution >= 0.6 is 0 Å². The minimum absolute atomic E-state index is 0.0306. The lowest BCUT2D eigenvalue weighted by Gasteiger charge is -2.37. The Hall–Kier alpha value is -3.23. The molecule has 0 bridgehead atoms. The van der Waals surface area contributed by atoms with Gasteiger partial charge in [-0.2, -0.15) is 18.2 Å². The Morgan fingerprint density at radius 3 is 2.72 bits per heavy atom. The number of piperidine rings is 1. The van der Waals surface area contributed by atoms with Crippen molar-refractivity contribution in [1.82, 2.24) is 10.1 Å². The van der Waals surface area contributed by atoms with E-state index < -0.39 is 17.6 Å². The number of aliphatic imine (C=N–C) groups is 1. The molecule has 9 heteroatoms. The summed E-state index contributed by atoms with van der Waals surface area (Å²) >= 11 is 0. The minimum Gasteiger partial charge on any atom is -0.368 e. The van der Waals surface area contributed by atoms with Gasteiger partial charge in [-0.15, -0.1) is 0 Å². The summed E-state index contributed by atoms with van der Waals surface area (Å²) in [5.41, 5.74) is 0.919. The summed E-state index contributed by atoms with van der Waals surface area (Å²) in [6, 6.07) is 7.01. The summed E-state index contributed by atoms with van der Waals surface area (Å²) in [5.74, 6) is -0.403. The molecule has 2 aromatic carbocycles. The van der Waals surface area contributed by atoms with Crippen LogP contribution in [-0.4, -0.2) is 28.9 Å². The second-order valence-electron chi connectivity index (χ2n) is 8.16. The number of hydrogen-bond donors (Lipinski definition) is 0. The molecule has 0 aliphatic carbocycles. The standard InChI is InChI=1S/C23H20F4N4O/c1-13-4-2-3-9-31(13)20-6-5-14(10-17(20)23(25,26)27)22-29-21(30-32-22)15-11-18(24)16-7-8-28-19(16)12-15/h5-6,8,10-13H,2-4,7,9H2,1H3. The molecule has 3 heterocycles. The number of alkyl halides is 3. The number of benzene rings is 2. The molecule has 0 radical (unpaired) electrons. The molecule has 0 saturated carbocycles. The van der Waals surface area contributed by atoms with E-state index in [0.29, 0.717) is 29.8 Å². The lowest BCUT2D eigenvalue weighted by atomic mass is 9.99. The van der Waals surface area contributed by atoms with Crippen LogP contribution in [0.2, 0.25) is 0 Å². The summed E-state index contributed by atoms with van der Waals surface area (Å²) in [5, 5.41) is 3.85. The average molecular weight is 444 g/mol. The number of hydrogen-bond acceptors (Lipinski definition) is 5. The van der Waals surface area contributed by atoms with Crippen LogP contribution in [0.3, 0.4) is 0 Å². The molecule has 166 valence electrons. The van der Waals surface area contributed by atoms with Gasteiger partial charge in [0.05, 0.1) is 11.3 Å². The maximum absolute atomic E-state index is 14.3. The van der Waals surface area contributed by atoms with Crippen LogP contribution in [0.15, 0.2) is 39.8 Å². The summed E-state index contributed by atoms with van der Waals surface area (Å²) < 4.78 is 61.3. The molecule has 2 aliphatic heterocycles. The van der Waals surface area contributed by atoms with E-state index in [-0.39, 0.29) is 29.0 Å². The highest BCUT2D eigenvalue weighted by Gasteiger charge is 2.37. The Kier molecular flexibility index (Phi) is 4.98. The first-order valence-electron chi connectivity index (χ1n) is 10.5. The highest BCUT2D eigenvalue weighted by molar-refractivity contribution is 5.79. The SMILES string of the molecule is CC1CCCCN1c1ccc(-c2nc(-c3cc(F)c4c(c3)N=CC4)no2)cc1C(F)(F)F. The van der Waals surface area contributed by atoms with Crippen LogP contribution in [-0.2, 0) is 12.6 Å². The molecule has 32 heavy (non-hydrogen) atoms. The van der Waals surface area contributed by atoms with Gasteiger partial charge in [-0.3, -0.25) is 4.99 Å². The summed E-state index contributed by atoms with van der Waals surface area (Å²) in [6.45, 7) is 2.53. The average Bonchev–Trinajstić information content (AvgIpc) is 3.43. The van der Waals surface area contributed by atoms with E-state index in [2.05, 4.69) is 15.1 Å². The van der Waals surface area contributed by atoms with Gasteiger partial charge in [0.2, 0.25) is 5.82 Å². The van der Waals surface area contributed by atoms with E-state index in [0.717, 1.165) is 25.3 Å².